The van der Waals surface area contributed by atoms with Gasteiger partial charge in [0.15, 0.2) is 0 Å². The van der Waals surface area contributed by atoms with Crippen LogP contribution in [0.1, 0.15) is 33.6 Å². The van der Waals surface area contributed by atoms with Crippen LogP contribution in [0.25, 0.3) is 0 Å². The predicted molar refractivity (Wildman–Crippen MR) is 83.4 cm³/mol. The minimum Gasteiger partial charge on any atom is -0.444 e. The molecule has 0 radical (unpaired) electrons. The highest BCUT2D eigenvalue weighted by molar-refractivity contribution is 5.92. The van der Waals surface area contributed by atoms with Gasteiger partial charge in [-0.1, -0.05) is 0 Å². The molecule has 0 spiro atoms. The van der Waals surface area contributed by atoms with E-state index in [1.807, 2.05) is 20.8 Å². The first-order valence-electron chi connectivity index (χ1n) is 7.54. The predicted octanol–water partition coefficient (Wildman–Crippen LogP) is 2.67. The molecule has 2 amide bonds. The van der Waals surface area contributed by atoms with Gasteiger partial charge in [0.1, 0.15) is 5.60 Å². The molecule has 0 unspecified atom stereocenters. The Hall–Kier alpha value is -2.11. The van der Waals surface area contributed by atoms with Crippen LogP contribution in [0, 0.1) is 5.92 Å². The molecule has 2 heterocycles. The molecule has 22 heavy (non-hydrogen) atoms. The highest BCUT2D eigenvalue weighted by Gasteiger charge is 2.30. The van der Waals surface area contributed by atoms with Crippen molar-refractivity contribution in [3.63, 3.8) is 0 Å². The lowest BCUT2D eigenvalue weighted by Crippen LogP contribution is -2.45. The number of nitrogens with zero attached hydrogens (tertiary/aromatic N) is 2. The Kier molecular flexibility index (Phi) is 5.00. The molecular formula is C16H23N3O3. The number of aromatic nitrogens is 1. The van der Waals surface area contributed by atoms with Crippen LogP contribution in [0.4, 0.5) is 10.5 Å². The number of rotatable bonds is 2. The zero-order chi connectivity index (χ0) is 16.2. The molecule has 1 fully saturated rings. The van der Waals surface area contributed by atoms with Crippen LogP contribution in [0.2, 0.25) is 0 Å². The molecule has 0 aromatic carbocycles. The number of hydrogen-bond donors (Lipinski definition) is 1. The molecule has 0 bridgehead atoms. The number of ether oxygens (including phenoxy) is 1. The average Bonchev–Trinajstić information content (AvgIpc) is 2.46. The molecule has 0 aliphatic carbocycles. The fourth-order valence-corrected chi connectivity index (χ4v) is 2.36. The van der Waals surface area contributed by atoms with Crippen LogP contribution in [-0.4, -0.2) is 40.6 Å². The second-order valence-corrected chi connectivity index (χ2v) is 6.49. The van der Waals surface area contributed by atoms with E-state index in [1.54, 1.807) is 29.4 Å². The number of hydrogen-bond acceptors (Lipinski definition) is 4. The summed E-state index contributed by atoms with van der Waals surface area (Å²) in [6.45, 7) is 6.53. The van der Waals surface area contributed by atoms with Crippen LogP contribution in [0.15, 0.2) is 24.5 Å². The van der Waals surface area contributed by atoms with Crippen molar-refractivity contribution in [2.45, 2.75) is 39.2 Å². The quantitative estimate of drug-likeness (QED) is 0.912. The van der Waals surface area contributed by atoms with Crippen molar-refractivity contribution in [2.24, 2.45) is 5.92 Å². The van der Waals surface area contributed by atoms with Gasteiger partial charge in [0, 0.05) is 31.2 Å². The maximum absolute atomic E-state index is 12.3. The van der Waals surface area contributed by atoms with Gasteiger partial charge in [0.25, 0.3) is 0 Å². The molecule has 1 N–H and O–H groups in total. The summed E-state index contributed by atoms with van der Waals surface area (Å²) >= 11 is 0. The third kappa shape index (κ3) is 4.72. The van der Waals surface area contributed by atoms with Gasteiger partial charge >= 0.3 is 6.09 Å². The lowest BCUT2D eigenvalue weighted by Gasteiger charge is -2.33. The molecule has 1 aliphatic rings. The topological polar surface area (TPSA) is 71.5 Å². The highest BCUT2D eigenvalue weighted by Crippen LogP contribution is 2.20. The number of nitrogens with one attached hydrogen (secondary N) is 1. The number of carbonyl (C=O) groups excluding carboxylic acids is 2. The van der Waals surface area contributed by atoms with E-state index < -0.39 is 5.60 Å². The molecular weight excluding hydrogens is 282 g/mol. The highest BCUT2D eigenvalue weighted by atomic mass is 16.6. The minimum atomic E-state index is -0.524. The minimum absolute atomic E-state index is 0.0699. The molecule has 6 nitrogen and oxygen atoms in total. The van der Waals surface area contributed by atoms with Gasteiger partial charge in [-0.3, -0.25) is 9.78 Å². The van der Waals surface area contributed by atoms with E-state index in [9.17, 15) is 9.59 Å². The summed E-state index contributed by atoms with van der Waals surface area (Å²) < 4.78 is 5.37. The first-order valence-corrected chi connectivity index (χ1v) is 7.54. The maximum atomic E-state index is 12.3. The lowest BCUT2D eigenvalue weighted by atomic mass is 9.97. The van der Waals surface area contributed by atoms with E-state index in [4.69, 9.17) is 4.74 Å². The summed E-state index contributed by atoms with van der Waals surface area (Å²) in [5, 5.41) is 2.86. The van der Waals surface area contributed by atoms with Crippen molar-refractivity contribution in [1.82, 2.24) is 9.88 Å². The monoisotopic (exact) mass is 305 g/mol. The summed E-state index contributed by atoms with van der Waals surface area (Å²) in [4.78, 5) is 29.9. The second-order valence-electron chi connectivity index (χ2n) is 6.49. The zero-order valence-electron chi connectivity index (χ0n) is 13.3. The van der Waals surface area contributed by atoms with E-state index in [0.717, 1.165) is 18.5 Å². The summed E-state index contributed by atoms with van der Waals surface area (Å²) in [5.74, 6) is -0.283. The van der Waals surface area contributed by atoms with E-state index in [1.165, 1.54) is 0 Å². The van der Waals surface area contributed by atoms with E-state index in [2.05, 4.69) is 10.3 Å². The molecule has 1 atom stereocenters. The van der Waals surface area contributed by atoms with Gasteiger partial charge in [-0.25, -0.2) is 4.79 Å². The van der Waals surface area contributed by atoms with Gasteiger partial charge in [0.2, 0.25) is 5.91 Å². The smallest absolute Gasteiger partial charge is 0.410 e. The Labute approximate surface area is 130 Å². The van der Waals surface area contributed by atoms with Crippen LogP contribution in [-0.2, 0) is 9.53 Å². The van der Waals surface area contributed by atoms with Crippen LogP contribution < -0.4 is 5.32 Å². The lowest BCUT2D eigenvalue weighted by molar-refractivity contribution is -0.121. The van der Waals surface area contributed by atoms with Crippen molar-refractivity contribution < 1.29 is 14.3 Å². The Morgan fingerprint density at radius 3 is 2.64 bits per heavy atom. The number of amides is 2. The molecule has 1 aromatic rings. The Balaban J connectivity index is 1.92. The van der Waals surface area contributed by atoms with E-state index in [-0.39, 0.29) is 17.9 Å². The molecule has 1 saturated heterocycles. The number of likely N-dealkylation sites (tertiary alicyclic amines) is 1. The van der Waals surface area contributed by atoms with Crippen molar-refractivity contribution in [2.75, 3.05) is 18.4 Å². The summed E-state index contributed by atoms with van der Waals surface area (Å²) in [5.41, 5.74) is 0.193. The maximum Gasteiger partial charge on any atom is 0.410 e. The summed E-state index contributed by atoms with van der Waals surface area (Å²) in [7, 11) is 0. The first kappa shape index (κ1) is 16.3. The van der Waals surface area contributed by atoms with E-state index >= 15 is 0 Å². The Morgan fingerprint density at radius 2 is 2.00 bits per heavy atom. The van der Waals surface area contributed by atoms with Crippen LogP contribution >= 0.6 is 0 Å². The fraction of sp³-hybridized carbons (Fsp3) is 0.562. The van der Waals surface area contributed by atoms with E-state index in [0.29, 0.717) is 13.1 Å². The largest absolute Gasteiger partial charge is 0.444 e. The number of piperidine rings is 1. The number of anilines is 1. The van der Waals surface area contributed by atoms with Gasteiger partial charge in [-0.15, -0.1) is 0 Å². The van der Waals surface area contributed by atoms with Crippen molar-refractivity contribution in [1.29, 1.82) is 0 Å². The molecule has 1 aliphatic heterocycles. The van der Waals surface area contributed by atoms with Gasteiger partial charge < -0.3 is 15.0 Å². The SMILES string of the molecule is CC(C)(C)OC(=O)N1CCC[C@H](C(=O)Nc2ccncc2)C1. The third-order valence-electron chi connectivity index (χ3n) is 3.39. The molecule has 6 heteroatoms. The van der Waals surface area contributed by atoms with Crippen molar-refractivity contribution in [3.8, 4) is 0 Å². The Morgan fingerprint density at radius 1 is 1.32 bits per heavy atom. The average molecular weight is 305 g/mol. The summed E-state index contributed by atoms with van der Waals surface area (Å²) in [6.07, 6.45) is 4.48. The van der Waals surface area contributed by atoms with Gasteiger partial charge in [-0.2, -0.15) is 0 Å². The third-order valence-corrected chi connectivity index (χ3v) is 3.39. The summed E-state index contributed by atoms with van der Waals surface area (Å²) in [6, 6.07) is 3.48. The Bertz CT molecular complexity index is 525. The van der Waals surface area contributed by atoms with Crippen molar-refractivity contribution >= 4 is 17.7 Å². The second kappa shape index (κ2) is 6.77. The molecule has 1 aromatic heterocycles. The number of carbonyl (C=O) groups is 2. The zero-order valence-corrected chi connectivity index (χ0v) is 13.3. The van der Waals surface area contributed by atoms with Gasteiger partial charge in [-0.05, 0) is 45.7 Å². The van der Waals surface area contributed by atoms with Gasteiger partial charge in [0.05, 0.1) is 5.92 Å². The van der Waals surface area contributed by atoms with Crippen LogP contribution in [0.5, 0.6) is 0 Å². The standard InChI is InChI=1S/C16H23N3O3/c1-16(2,3)22-15(21)19-10-4-5-12(11-19)14(20)18-13-6-8-17-9-7-13/h6-9,12H,4-5,10-11H2,1-3H3,(H,17,18,20)/t12-/m0/s1. The molecule has 0 saturated carbocycles. The first-order chi connectivity index (χ1) is 10.3. The fourth-order valence-electron chi connectivity index (χ4n) is 2.36. The normalized spacial score (nSPS) is 18.7. The van der Waals surface area contributed by atoms with Crippen molar-refractivity contribution in [3.05, 3.63) is 24.5 Å². The molecule has 120 valence electrons. The number of pyridine rings is 1. The molecule has 2 rings (SSSR count). The van der Waals surface area contributed by atoms with Crippen LogP contribution in [0.3, 0.4) is 0 Å².